The van der Waals surface area contributed by atoms with Gasteiger partial charge in [0.2, 0.25) is 0 Å². The first-order valence-electron chi connectivity index (χ1n) is 15.6. The van der Waals surface area contributed by atoms with Crippen molar-refractivity contribution >= 4 is 46.1 Å². The Morgan fingerprint density at radius 3 is 2.08 bits per heavy atom. The highest BCUT2D eigenvalue weighted by Gasteiger charge is 2.33. The van der Waals surface area contributed by atoms with Crippen molar-refractivity contribution in [2.45, 2.75) is 124 Å². The Kier molecular flexibility index (Phi) is 13.8. The Morgan fingerprint density at radius 1 is 0.875 bits per heavy atom. The van der Waals surface area contributed by atoms with Crippen molar-refractivity contribution < 1.29 is 4.79 Å². The molecule has 1 aromatic rings. The zero-order chi connectivity index (χ0) is 28.9. The van der Waals surface area contributed by atoms with Crippen molar-refractivity contribution in [3.05, 3.63) is 31.9 Å². The lowest BCUT2D eigenvalue weighted by molar-refractivity contribution is -0.122. The normalized spacial score (nSPS) is 16.8. The molecule has 1 amide bonds. The number of piperidine rings is 1. The minimum Gasteiger partial charge on any atom is -0.357 e. The van der Waals surface area contributed by atoms with Gasteiger partial charge < -0.3 is 4.90 Å². The van der Waals surface area contributed by atoms with E-state index >= 15 is 0 Å². The summed E-state index contributed by atoms with van der Waals surface area (Å²) in [4.78, 5) is 31.5. The SMILES string of the molecule is CCCCCCCCCCCCN1C(=O)/C(=C\c2c(C)c(C#N)c(=O)n(CCCC)c2N2CCCCC2)SC1=S. The number of pyridine rings is 1. The number of aromatic nitrogens is 1. The highest BCUT2D eigenvalue weighted by Crippen LogP contribution is 2.36. The van der Waals surface area contributed by atoms with Gasteiger partial charge in [-0.1, -0.05) is 102 Å². The lowest BCUT2D eigenvalue weighted by Gasteiger charge is -2.33. The Bertz CT molecular complexity index is 1150. The minimum absolute atomic E-state index is 0.0558. The fourth-order valence-electron chi connectivity index (χ4n) is 5.70. The summed E-state index contributed by atoms with van der Waals surface area (Å²) in [5.74, 6) is 0.800. The second-order valence-electron chi connectivity index (χ2n) is 11.2. The molecular weight excluding hydrogens is 537 g/mol. The molecule has 0 unspecified atom stereocenters. The number of carbonyl (C=O) groups is 1. The number of nitriles is 1. The molecule has 40 heavy (non-hydrogen) atoms. The van der Waals surface area contributed by atoms with Gasteiger partial charge in [0, 0.05) is 31.7 Å². The molecule has 1 aromatic heterocycles. The van der Waals surface area contributed by atoms with Gasteiger partial charge >= 0.3 is 0 Å². The molecular formula is C32H48N4O2S2. The van der Waals surface area contributed by atoms with E-state index < -0.39 is 0 Å². The molecule has 0 spiro atoms. The number of anilines is 1. The monoisotopic (exact) mass is 584 g/mol. The highest BCUT2D eigenvalue weighted by atomic mass is 32.2. The van der Waals surface area contributed by atoms with Crippen molar-refractivity contribution in [1.82, 2.24) is 9.47 Å². The summed E-state index contributed by atoms with van der Waals surface area (Å²) in [6.07, 6.45) is 19.5. The molecule has 0 radical (unpaired) electrons. The number of amides is 1. The average molecular weight is 585 g/mol. The van der Waals surface area contributed by atoms with Gasteiger partial charge in [0.15, 0.2) is 0 Å². The number of rotatable bonds is 16. The van der Waals surface area contributed by atoms with Crippen LogP contribution in [0, 0.1) is 18.3 Å². The van der Waals surface area contributed by atoms with E-state index in [4.69, 9.17) is 12.2 Å². The maximum Gasteiger partial charge on any atom is 0.270 e. The molecule has 3 heterocycles. The second kappa shape index (κ2) is 17.0. The molecule has 6 nitrogen and oxygen atoms in total. The van der Waals surface area contributed by atoms with E-state index in [9.17, 15) is 14.9 Å². The van der Waals surface area contributed by atoms with Gasteiger partial charge in [-0.3, -0.25) is 19.1 Å². The molecule has 2 aliphatic rings. The molecule has 8 heteroatoms. The van der Waals surface area contributed by atoms with E-state index in [-0.39, 0.29) is 17.0 Å². The van der Waals surface area contributed by atoms with Gasteiger partial charge in [-0.2, -0.15) is 5.26 Å². The number of unbranched alkanes of at least 4 members (excludes halogenated alkanes) is 10. The Balaban J connectivity index is 1.76. The maximum absolute atomic E-state index is 13.5. The van der Waals surface area contributed by atoms with Gasteiger partial charge in [0.25, 0.3) is 11.5 Å². The summed E-state index contributed by atoms with van der Waals surface area (Å²) in [7, 11) is 0. The summed E-state index contributed by atoms with van der Waals surface area (Å²) < 4.78 is 2.39. The lowest BCUT2D eigenvalue weighted by atomic mass is 10.0. The van der Waals surface area contributed by atoms with Crippen LogP contribution in [0.2, 0.25) is 0 Å². The number of hydrogen-bond donors (Lipinski definition) is 0. The summed E-state index contributed by atoms with van der Waals surface area (Å²) in [5, 5.41) is 9.90. The van der Waals surface area contributed by atoms with Crippen LogP contribution in [0.1, 0.15) is 127 Å². The maximum atomic E-state index is 13.5. The van der Waals surface area contributed by atoms with E-state index in [0.29, 0.717) is 27.9 Å². The first-order chi connectivity index (χ1) is 19.4. The number of hydrogen-bond acceptors (Lipinski definition) is 6. The molecule has 2 aliphatic heterocycles. The van der Waals surface area contributed by atoms with Gasteiger partial charge in [0.1, 0.15) is 21.8 Å². The topological polar surface area (TPSA) is 69.3 Å². The molecule has 0 aromatic carbocycles. The summed E-state index contributed by atoms with van der Waals surface area (Å²) in [6, 6.07) is 2.16. The van der Waals surface area contributed by atoms with Crippen molar-refractivity contribution in [2.75, 3.05) is 24.5 Å². The molecule has 2 saturated heterocycles. The third kappa shape index (κ3) is 8.45. The van der Waals surface area contributed by atoms with Crippen LogP contribution >= 0.6 is 24.0 Å². The van der Waals surface area contributed by atoms with Gasteiger partial charge in [0.05, 0.1) is 4.91 Å². The predicted molar refractivity (Wildman–Crippen MR) is 173 cm³/mol. The quantitative estimate of drug-likeness (QED) is 0.112. The summed E-state index contributed by atoms with van der Waals surface area (Å²) in [6.45, 7) is 9.16. The van der Waals surface area contributed by atoms with Crippen LogP contribution in [0.25, 0.3) is 6.08 Å². The van der Waals surface area contributed by atoms with Crippen LogP contribution < -0.4 is 10.5 Å². The largest absolute Gasteiger partial charge is 0.357 e. The van der Waals surface area contributed by atoms with Crippen LogP contribution in [-0.4, -0.2) is 39.3 Å². The molecule has 0 atom stereocenters. The lowest BCUT2D eigenvalue weighted by Crippen LogP contribution is -2.37. The van der Waals surface area contributed by atoms with Crippen molar-refractivity contribution in [3.63, 3.8) is 0 Å². The predicted octanol–water partition coefficient (Wildman–Crippen LogP) is 7.94. The van der Waals surface area contributed by atoms with Crippen molar-refractivity contribution in [1.29, 1.82) is 5.26 Å². The molecule has 2 fully saturated rings. The van der Waals surface area contributed by atoms with Crippen molar-refractivity contribution in [2.24, 2.45) is 0 Å². The zero-order valence-corrected chi connectivity index (χ0v) is 26.6. The third-order valence-corrected chi connectivity index (χ3v) is 9.50. The van der Waals surface area contributed by atoms with Crippen LogP contribution in [0.5, 0.6) is 0 Å². The molecule has 3 rings (SSSR count). The number of thiocarbonyl (C=S) groups is 1. The average Bonchev–Trinajstić information content (AvgIpc) is 3.22. The fraction of sp³-hybridized carbons (Fsp3) is 0.688. The number of carbonyl (C=O) groups excluding carboxylic acids is 1. The number of thioether (sulfide) groups is 1. The molecule has 0 N–H and O–H groups in total. The van der Waals surface area contributed by atoms with E-state index in [1.165, 1.54) is 69.5 Å². The zero-order valence-electron chi connectivity index (χ0n) is 24.9. The summed E-state index contributed by atoms with van der Waals surface area (Å²) in [5.41, 5.74) is 1.41. The van der Waals surface area contributed by atoms with E-state index in [1.54, 1.807) is 9.47 Å². The molecule has 0 bridgehead atoms. The Hall–Kier alpha value is -2.11. The molecule has 220 valence electrons. The fourth-order valence-corrected chi connectivity index (χ4v) is 6.99. The highest BCUT2D eigenvalue weighted by molar-refractivity contribution is 8.26. The molecule has 0 aliphatic carbocycles. The van der Waals surface area contributed by atoms with Crippen LogP contribution in [0.4, 0.5) is 5.82 Å². The van der Waals surface area contributed by atoms with Crippen LogP contribution in [0.15, 0.2) is 9.70 Å². The van der Waals surface area contributed by atoms with E-state index in [0.717, 1.165) is 63.0 Å². The molecule has 0 saturated carbocycles. The van der Waals surface area contributed by atoms with Gasteiger partial charge in [-0.05, 0) is 50.7 Å². The minimum atomic E-state index is -0.223. The Morgan fingerprint density at radius 2 is 1.48 bits per heavy atom. The third-order valence-electron chi connectivity index (χ3n) is 8.12. The first kappa shape index (κ1) is 32.4. The number of nitrogens with zero attached hydrogens (tertiary/aromatic N) is 4. The van der Waals surface area contributed by atoms with Crippen LogP contribution in [0.3, 0.4) is 0 Å². The van der Waals surface area contributed by atoms with E-state index in [1.807, 2.05) is 13.0 Å². The van der Waals surface area contributed by atoms with Crippen molar-refractivity contribution in [3.8, 4) is 6.07 Å². The van der Waals surface area contributed by atoms with E-state index in [2.05, 4.69) is 24.8 Å². The van der Waals surface area contributed by atoms with Gasteiger partial charge in [-0.15, -0.1) is 0 Å². The smallest absolute Gasteiger partial charge is 0.270 e. The Labute approximate surface area is 251 Å². The first-order valence-corrected chi connectivity index (χ1v) is 16.8. The van der Waals surface area contributed by atoms with Gasteiger partial charge in [-0.25, -0.2) is 0 Å². The standard InChI is InChI=1S/C32H48N4O2S2/c1-4-6-8-9-10-11-12-13-14-18-22-36-31(38)28(40-32(36)39)23-26-25(3)27(24-33)30(37)35(21-7-5-2)29(26)34-19-16-15-17-20-34/h23H,4-22H2,1-3H3/b28-23+. The van der Waals surface area contributed by atoms with Crippen LogP contribution in [-0.2, 0) is 11.3 Å². The summed E-state index contributed by atoms with van der Waals surface area (Å²) >= 11 is 6.98. The second-order valence-corrected chi connectivity index (χ2v) is 12.9.